The number of amides is 1. The molecule has 1 aromatic heterocycles. The maximum atomic E-state index is 12.0. The summed E-state index contributed by atoms with van der Waals surface area (Å²) in [5.74, 6) is -0.861. The molecule has 1 aliphatic carbocycles. The summed E-state index contributed by atoms with van der Waals surface area (Å²) in [6, 6.07) is 0.103. The predicted molar refractivity (Wildman–Crippen MR) is 94.1 cm³/mol. The minimum Gasteiger partial charge on any atom is -0.451 e. The number of carbonyl (C=O) groups excluding carboxylic acids is 2. The van der Waals surface area contributed by atoms with Gasteiger partial charge in [-0.2, -0.15) is 0 Å². The highest BCUT2D eigenvalue weighted by Crippen LogP contribution is 2.36. The van der Waals surface area contributed by atoms with Crippen LogP contribution >= 0.6 is 46.4 Å². The SMILES string of the molecule is CC1CCCCC1NC(=O)COC(=O)c1nc(Cl)c(Cl)c(Cl)c1Cl. The highest BCUT2D eigenvalue weighted by atomic mass is 35.5. The van der Waals surface area contributed by atoms with Gasteiger partial charge in [-0.15, -0.1) is 0 Å². The Labute approximate surface area is 159 Å². The van der Waals surface area contributed by atoms with Gasteiger partial charge in [-0.3, -0.25) is 4.79 Å². The van der Waals surface area contributed by atoms with Crippen LogP contribution in [0.15, 0.2) is 0 Å². The molecule has 1 aromatic rings. The molecular weight excluding hydrogens is 398 g/mol. The molecule has 1 amide bonds. The smallest absolute Gasteiger partial charge is 0.359 e. The van der Waals surface area contributed by atoms with Gasteiger partial charge < -0.3 is 10.1 Å². The molecule has 9 heteroatoms. The third-order valence-corrected chi connectivity index (χ3v) is 5.65. The first-order valence-electron chi connectivity index (χ1n) is 7.47. The summed E-state index contributed by atoms with van der Waals surface area (Å²) in [4.78, 5) is 27.7. The van der Waals surface area contributed by atoms with Crippen LogP contribution in [-0.2, 0) is 9.53 Å². The molecule has 1 heterocycles. The Hall–Kier alpha value is -0.750. The molecule has 0 saturated heterocycles. The lowest BCUT2D eigenvalue weighted by molar-refractivity contribution is -0.125. The first-order valence-corrected chi connectivity index (χ1v) is 8.99. The van der Waals surface area contributed by atoms with Crippen molar-refractivity contribution in [3.05, 3.63) is 25.9 Å². The van der Waals surface area contributed by atoms with E-state index < -0.39 is 12.6 Å². The molecule has 2 unspecified atom stereocenters. The first kappa shape index (κ1) is 19.6. The van der Waals surface area contributed by atoms with E-state index in [9.17, 15) is 9.59 Å². The van der Waals surface area contributed by atoms with Crippen LogP contribution in [0, 0.1) is 5.92 Å². The van der Waals surface area contributed by atoms with E-state index in [0.29, 0.717) is 5.92 Å². The van der Waals surface area contributed by atoms with Crippen LogP contribution in [0.2, 0.25) is 20.2 Å². The largest absolute Gasteiger partial charge is 0.451 e. The number of rotatable bonds is 4. The van der Waals surface area contributed by atoms with Gasteiger partial charge in [0.25, 0.3) is 5.91 Å². The normalized spacial score (nSPS) is 20.5. The van der Waals surface area contributed by atoms with Crippen LogP contribution < -0.4 is 5.32 Å². The van der Waals surface area contributed by atoms with Crippen molar-refractivity contribution in [1.29, 1.82) is 0 Å². The van der Waals surface area contributed by atoms with Crippen molar-refractivity contribution in [3.63, 3.8) is 0 Å². The van der Waals surface area contributed by atoms with Crippen LogP contribution in [0.1, 0.15) is 43.1 Å². The fourth-order valence-electron chi connectivity index (χ4n) is 2.60. The van der Waals surface area contributed by atoms with Crippen molar-refractivity contribution in [2.75, 3.05) is 6.61 Å². The van der Waals surface area contributed by atoms with Crippen LogP contribution in [0.25, 0.3) is 0 Å². The molecule has 24 heavy (non-hydrogen) atoms. The van der Waals surface area contributed by atoms with E-state index in [1.165, 1.54) is 6.42 Å². The van der Waals surface area contributed by atoms with E-state index >= 15 is 0 Å². The molecule has 2 rings (SSSR count). The summed E-state index contributed by atoms with van der Waals surface area (Å²) in [6.07, 6.45) is 4.25. The van der Waals surface area contributed by atoms with Crippen molar-refractivity contribution < 1.29 is 14.3 Å². The van der Waals surface area contributed by atoms with Gasteiger partial charge in [0.05, 0.1) is 15.1 Å². The Balaban J connectivity index is 1.94. The number of carbonyl (C=O) groups is 2. The van der Waals surface area contributed by atoms with Gasteiger partial charge in [-0.1, -0.05) is 66.2 Å². The molecule has 2 atom stereocenters. The van der Waals surface area contributed by atoms with Gasteiger partial charge >= 0.3 is 5.97 Å². The van der Waals surface area contributed by atoms with E-state index in [2.05, 4.69) is 17.2 Å². The van der Waals surface area contributed by atoms with Gasteiger partial charge in [-0.05, 0) is 18.8 Å². The number of hydrogen-bond acceptors (Lipinski definition) is 4. The monoisotopic (exact) mass is 412 g/mol. The number of nitrogens with zero attached hydrogens (tertiary/aromatic N) is 1. The topological polar surface area (TPSA) is 68.3 Å². The first-order chi connectivity index (χ1) is 11.3. The van der Waals surface area contributed by atoms with Crippen molar-refractivity contribution in [2.45, 2.75) is 38.6 Å². The van der Waals surface area contributed by atoms with E-state index in [1.807, 2.05) is 0 Å². The molecule has 1 fully saturated rings. The molecule has 1 aliphatic rings. The van der Waals surface area contributed by atoms with Crippen molar-refractivity contribution >= 4 is 58.3 Å². The molecule has 0 aliphatic heterocycles. The van der Waals surface area contributed by atoms with Crippen molar-refractivity contribution in [3.8, 4) is 0 Å². The predicted octanol–water partition coefficient (Wildman–Crippen LogP) is 4.55. The number of hydrogen-bond donors (Lipinski definition) is 1. The second-order valence-electron chi connectivity index (χ2n) is 5.71. The van der Waals surface area contributed by atoms with Crippen LogP contribution in [0.4, 0.5) is 0 Å². The molecule has 0 spiro atoms. The second-order valence-corrected chi connectivity index (χ2v) is 7.20. The van der Waals surface area contributed by atoms with Crippen molar-refractivity contribution in [2.24, 2.45) is 5.92 Å². The maximum absolute atomic E-state index is 12.0. The number of nitrogens with one attached hydrogen (secondary N) is 1. The lowest BCUT2D eigenvalue weighted by Crippen LogP contribution is -2.42. The van der Waals surface area contributed by atoms with E-state index in [-0.39, 0.29) is 37.9 Å². The average molecular weight is 414 g/mol. The summed E-state index contributed by atoms with van der Waals surface area (Å²) in [7, 11) is 0. The minimum absolute atomic E-state index is 0.0519. The average Bonchev–Trinajstić information content (AvgIpc) is 2.56. The Kier molecular flexibility index (Phi) is 6.99. The molecule has 1 N–H and O–H groups in total. The van der Waals surface area contributed by atoms with Crippen LogP contribution in [0.5, 0.6) is 0 Å². The number of esters is 1. The zero-order valence-corrected chi connectivity index (χ0v) is 15.9. The quantitative estimate of drug-likeness (QED) is 0.580. The minimum atomic E-state index is -0.896. The van der Waals surface area contributed by atoms with Gasteiger partial charge in [0.2, 0.25) is 0 Å². The summed E-state index contributed by atoms with van der Waals surface area (Å²) in [5.41, 5.74) is -0.282. The number of ether oxygens (including phenoxy) is 1. The molecule has 0 radical (unpaired) electrons. The summed E-state index contributed by atoms with van der Waals surface area (Å²) < 4.78 is 4.94. The molecule has 0 aromatic carbocycles. The Morgan fingerprint density at radius 3 is 2.46 bits per heavy atom. The fraction of sp³-hybridized carbons (Fsp3) is 0.533. The zero-order valence-electron chi connectivity index (χ0n) is 12.9. The number of pyridine rings is 1. The Morgan fingerprint density at radius 2 is 1.79 bits per heavy atom. The van der Waals surface area contributed by atoms with E-state index in [1.54, 1.807) is 0 Å². The lowest BCUT2D eigenvalue weighted by atomic mass is 9.86. The Morgan fingerprint density at radius 1 is 1.12 bits per heavy atom. The molecule has 0 bridgehead atoms. The molecule has 1 saturated carbocycles. The second kappa shape index (κ2) is 8.56. The highest BCUT2D eigenvalue weighted by molar-refractivity contribution is 6.52. The third-order valence-electron chi connectivity index (χ3n) is 3.97. The van der Waals surface area contributed by atoms with Crippen molar-refractivity contribution in [1.82, 2.24) is 10.3 Å². The van der Waals surface area contributed by atoms with Gasteiger partial charge in [0.15, 0.2) is 12.3 Å². The fourth-order valence-corrected chi connectivity index (χ4v) is 3.41. The Bertz CT molecular complexity index is 654. The maximum Gasteiger partial charge on any atom is 0.359 e. The summed E-state index contributed by atoms with van der Waals surface area (Å²) in [5, 5.41) is 2.40. The summed E-state index contributed by atoms with van der Waals surface area (Å²) in [6.45, 7) is 1.66. The standard InChI is InChI=1S/C15H16Cl4N2O3/c1-7-4-2-3-5-8(7)20-9(22)6-24-15(23)13-11(17)10(16)12(18)14(19)21-13/h7-8H,2-6H2,1H3,(H,20,22). The van der Waals surface area contributed by atoms with Gasteiger partial charge in [0, 0.05) is 6.04 Å². The van der Waals surface area contributed by atoms with Crippen LogP contribution in [-0.4, -0.2) is 29.5 Å². The molecular formula is C15H16Cl4N2O3. The molecule has 5 nitrogen and oxygen atoms in total. The number of aromatic nitrogens is 1. The number of halogens is 4. The third kappa shape index (κ3) is 4.66. The van der Waals surface area contributed by atoms with Gasteiger partial charge in [0.1, 0.15) is 5.15 Å². The van der Waals surface area contributed by atoms with E-state index in [0.717, 1.165) is 19.3 Å². The zero-order chi connectivity index (χ0) is 17.9. The molecule has 132 valence electrons. The van der Waals surface area contributed by atoms with Crippen LogP contribution in [0.3, 0.4) is 0 Å². The summed E-state index contributed by atoms with van der Waals surface area (Å²) >= 11 is 23.3. The van der Waals surface area contributed by atoms with Gasteiger partial charge in [-0.25, -0.2) is 9.78 Å². The lowest BCUT2D eigenvalue weighted by Gasteiger charge is -2.29. The highest BCUT2D eigenvalue weighted by Gasteiger charge is 2.25. The van der Waals surface area contributed by atoms with E-state index in [4.69, 9.17) is 51.1 Å².